The van der Waals surface area contributed by atoms with Gasteiger partial charge in [0, 0.05) is 36.3 Å². The monoisotopic (exact) mass is 482 g/mol. The molecule has 36 heavy (non-hydrogen) atoms. The summed E-state index contributed by atoms with van der Waals surface area (Å²) in [5.41, 5.74) is 6.66. The second-order valence-electron chi connectivity index (χ2n) is 9.70. The Morgan fingerprint density at radius 3 is 2.78 bits per heavy atom. The third-order valence-electron chi connectivity index (χ3n) is 7.22. The van der Waals surface area contributed by atoms with Crippen molar-refractivity contribution in [3.8, 4) is 22.6 Å². The SMILES string of the molecule is Cc1cccc(-c2[nH]cnc2-c2ccc3ncc(N4CCC(C(=O)O[C@@H]5CCNC5)CC4)cc3c2)n1. The van der Waals surface area contributed by atoms with E-state index in [1.165, 1.54) is 0 Å². The van der Waals surface area contributed by atoms with Crippen LogP contribution in [0.5, 0.6) is 0 Å². The fourth-order valence-corrected chi connectivity index (χ4v) is 5.19. The molecule has 8 heteroatoms. The number of piperidine rings is 1. The minimum atomic E-state index is -0.0393. The summed E-state index contributed by atoms with van der Waals surface area (Å²) >= 11 is 0. The van der Waals surface area contributed by atoms with E-state index in [4.69, 9.17) is 9.72 Å². The second-order valence-corrected chi connectivity index (χ2v) is 9.70. The quantitative estimate of drug-likeness (QED) is 0.413. The Kier molecular flexibility index (Phi) is 6.11. The van der Waals surface area contributed by atoms with Crippen molar-refractivity contribution in [1.29, 1.82) is 0 Å². The molecule has 184 valence electrons. The Morgan fingerprint density at radius 2 is 1.97 bits per heavy atom. The summed E-state index contributed by atoms with van der Waals surface area (Å²) in [5.74, 6) is -0.0577. The fraction of sp³-hybridized carbons (Fsp3) is 0.357. The number of aromatic amines is 1. The zero-order valence-electron chi connectivity index (χ0n) is 20.4. The number of aryl methyl sites for hydroxylation is 1. The molecule has 2 aliphatic heterocycles. The summed E-state index contributed by atoms with van der Waals surface area (Å²) in [6, 6.07) is 14.4. The van der Waals surface area contributed by atoms with Crippen molar-refractivity contribution in [3.05, 3.63) is 60.7 Å². The summed E-state index contributed by atoms with van der Waals surface area (Å²) < 4.78 is 5.70. The molecular formula is C28H30N6O2. The molecule has 8 nitrogen and oxygen atoms in total. The lowest BCUT2D eigenvalue weighted by Gasteiger charge is -2.33. The molecule has 0 saturated carbocycles. The number of imidazole rings is 1. The Labute approximate surface area is 210 Å². The Bertz CT molecular complexity index is 1390. The van der Waals surface area contributed by atoms with Crippen LogP contribution in [0.3, 0.4) is 0 Å². The van der Waals surface area contributed by atoms with E-state index >= 15 is 0 Å². The van der Waals surface area contributed by atoms with Crippen molar-refractivity contribution < 1.29 is 9.53 Å². The normalized spacial score (nSPS) is 18.6. The van der Waals surface area contributed by atoms with Gasteiger partial charge in [-0.05, 0) is 63.1 Å². The summed E-state index contributed by atoms with van der Waals surface area (Å²) in [4.78, 5) is 32.1. The standard InChI is InChI=1S/C28H30N6O2/c1-18-3-2-4-25(33-18)27-26(31-17-32-27)20-5-6-24-21(13-20)14-22(15-30-24)34-11-8-19(9-12-34)28(35)36-23-7-10-29-16-23/h2-6,13-15,17,19,23,29H,7-12,16H2,1H3,(H,31,32)/t23-/m1/s1. The van der Waals surface area contributed by atoms with Crippen LogP contribution in [0, 0.1) is 12.8 Å². The minimum Gasteiger partial charge on any atom is -0.461 e. The Hall–Kier alpha value is -3.78. The van der Waals surface area contributed by atoms with Crippen LogP contribution in [0.25, 0.3) is 33.5 Å². The van der Waals surface area contributed by atoms with Crippen LogP contribution in [0.1, 0.15) is 25.0 Å². The predicted molar refractivity (Wildman–Crippen MR) is 140 cm³/mol. The molecule has 3 aromatic heterocycles. The number of esters is 1. The minimum absolute atomic E-state index is 0.0183. The molecule has 4 aromatic rings. The van der Waals surface area contributed by atoms with Crippen LogP contribution in [0.2, 0.25) is 0 Å². The Balaban J connectivity index is 1.19. The number of pyridine rings is 2. The maximum Gasteiger partial charge on any atom is 0.309 e. The topological polar surface area (TPSA) is 96.0 Å². The molecule has 0 bridgehead atoms. The van der Waals surface area contributed by atoms with E-state index in [2.05, 4.69) is 43.4 Å². The molecule has 0 unspecified atom stereocenters. The largest absolute Gasteiger partial charge is 0.461 e. The lowest BCUT2D eigenvalue weighted by atomic mass is 9.96. The second kappa shape index (κ2) is 9.70. The highest BCUT2D eigenvalue weighted by Gasteiger charge is 2.29. The molecule has 0 aliphatic carbocycles. The number of hydrogen-bond acceptors (Lipinski definition) is 7. The molecule has 1 aromatic carbocycles. The number of rotatable bonds is 5. The summed E-state index contributed by atoms with van der Waals surface area (Å²) in [6.07, 6.45) is 6.20. The van der Waals surface area contributed by atoms with Gasteiger partial charge in [0.25, 0.3) is 0 Å². The van der Waals surface area contributed by atoms with E-state index in [0.717, 1.165) is 90.4 Å². The highest BCUT2D eigenvalue weighted by molar-refractivity contribution is 5.88. The zero-order valence-corrected chi connectivity index (χ0v) is 20.4. The van der Waals surface area contributed by atoms with E-state index in [-0.39, 0.29) is 18.0 Å². The van der Waals surface area contributed by atoms with Gasteiger partial charge in [0.05, 0.1) is 46.7 Å². The number of aromatic nitrogens is 4. The van der Waals surface area contributed by atoms with Crippen molar-refractivity contribution >= 4 is 22.6 Å². The van der Waals surface area contributed by atoms with Gasteiger partial charge in [0.15, 0.2) is 0 Å². The summed E-state index contributed by atoms with van der Waals surface area (Å²) in [6.45, 7) is 5.33. The molecule has 1 atom stereocenters. The van der Waals surface area contributed by atoms with Gasteiger partial charge in [-0.3, -0.25) is 14.8 Å². The first-order chi connectivity index (χ1) is 17.6. The number of nitrogens with one attached hydrogen (secondary N) is 2. The first-order valence-corrected chi connectivity index (χ1v) is 12.7. The predicted octanol–water partition coefficient (Wildman–Crippen LogP) is 4.12. The third kappa shape index (κ3) is 4.56. The first-order valence-electron chi connectivity index (χ1n) is 12.7. The number of carbonyl (C=O) groups excluding carboxylic acids is 1. The number of nitrogens with zero attached hydrogens (tertiary/aromatic N) is 4. The van der Waals surface area contributed by atoms with Gasteiger partial charge in [-0.1, -0.05) is 12.1 Å². The highest BCUT2D eigenvalue weighted by atomic mass is 16.5. The molecular weight excluding hydrogens is 452 g/mol. The van der Waals surface area contributed by atoms with Crippen LogP contribution in [0.4, 0.5) is 5.69 Å². The lowest BCUT2D eigenvalue weighted by molar-refractivity contribution is -0.153. The maximum absolute atomic E-state index is 12.6. The van der Waals surface area contributed by atoms with Crippen molar-refractivity contribution in [1.82, 2.24) is 25.3 Å². The molecule has 2 aliphatic rings. The van der Waals surface area contributed by atoms with Crippen molar-refractivity contribution in [2.24, 2.45) is 5.92 Å². The number of benzene rings is 1. The molecule has 6 rings (SSSR count). The van der Waals surface area contributed by atoms with Gasteiger partial charge in [0.2, 0.25) is 0 Å². The number of anilines is 1. The summed E-state index contributed by atoms with van der Waals surface area (Å²) in [5, 5.41) is 4.31. The molecule has 5 heterocycles. The Morgan fingerprint density at radius 1 is 1.08 bits per heavy atom. The lowest BCUT2D eigenvalue weighted by Crippen LogP contribution is -2.38. The number of carbonyl (C=O) groups is 1. The van der Waals surface area contributed by atoms with Crippen LogP contribution >= 0.6 is 0 Å². The molecule has 2 saturated heterocycles. The molecule has 2 fully saturated rings. The molecule has 0 radical (unpaired) electrons. The van der Waals surface area contributed by atoms with Gasteiger partial charge in [-0.2, -0.15) is 0 Å². The van der Waals surface area contributed by atoms with Crippen LogP contribution in [-0.2, 0) is 9.53 Å². The number of fused-ring (bicyclic) bond motifs is 1. The summed E-state index contributed by atoms with van der Waals surface area (Å²) in [7, 11) is 0. The van der Waals surface area contributed by atoms with E-state index in [0.29, 0.717) is 0 Å². The van der Waals surface area contributed by atoms with Crippen molar-refractivity contribution in [3.63, 3.8) is 0 Å². The molecule has 0 amide bonds. The van der Waals surface area contributed by atoms with Gasteiger partial charge in [0.1, 0.15) is 6.10 Å². The van der Waals surface area contributed by atoms with Crippen LogP contribution in [0.15, 0.2) is 55.0 Å². The smallest absolute Gasteiger partial charge is 0.309 e. The van der Waals surface area contributed by atoms with Gasteiger partial charge in [-0.15, -0.1) is 0 Å². The zero-order chi connectivity index (χ0) is 24.5. The average molecular weight is 483 g/mol. The van der Waals surface area contributed by atoms with Crippen molar-refractivity contribution in [2.75, 3.05) is 31.1 Å². The number of hydrogen-bond donors (Lipinski definition) is 2. The number of ether oxygens (including phenoxy) is 1. The maximum atomic E-state index is 12.6. The van der Waals surface area contributed by atoms with E-state index < -0.39 is 0 Å². The average Bonchev–Trinajstić information content (AvgIpc) is 3.61. The molecule has 2 N–H and O–H groups in total. The van der Waals surface area contributed by atoms with E-state index in [1.807, 2.05) is 37.4 Å². The van der Waals surface area contributed by atoms with E-state index in [9.17, 15) is 4.79 Å². The molecule has 0 spiro atoms. The fourth-order valence-electron chi connectivity index (χ4n) is 5.19. The first kappa shape index (κ1) is 22.7. The van der Waals surface area contributed by atoms with E-state index in [1.54, 1.807) is 6.33 Å². The van der Waals surface area contributed by atoms with Gasteiger partial charge >= 0.3 is 5.97 Å². The van der Waals surface area contributed by atoms with Crippen LogP contribution in [-0.4, -0.2) is 58.2 Å². The van der Waals surface area contributed by atoms with Crippen LogP contribution < -0.4 is 10.2 Å². The third-order valence-corrected chi connectivity index (χ3v) is 7.22. The van der Waals surface area contributed by atoms with Gasteiger partial charge < -0.3 is 19.9 Å². The van der Waals surface area contributed by atoms with Gasteiger partial charge in [-0.25, -0.2) is 4.98 Å². The number of H-pyrrole nitrogens is 1. The highest BCUT2D eigenvalue weighted by Crippen LogP contribution is 2.32. The van der Waals surface area contributed by atoms with Crippen molar-refractivity contribution in [2.45, 2.75) is 32.3 Å².